The second-order valence-corrected chi connectivity index (χ2v) is 8.30. The zero-order valence-corrected chi connectivity index (χ0v) is 16.7. The van der Waals surface area contributed by atoms with E-state index in [4.69, 9.17) is 9.47 Å². The van der Waals surface area contributed by atoms with Crippen molar-refractivity contribution in [1.29, 1.82) is 0 Å². The molecule has 0 radical (unpaired) electrons. The normalized spacial score (nSPS) is 21.4. The second kappa shape index (κ2) is 7.51. The predicted molar refractivity (Wildman–Crippen MR) is 106 cm³/mol. The van der Waals surface area contributed by atoms with Crippen LogP contribution in [0.4, 0.5) is 0 Å². The molecule has 28 heavy (non-hydrogen) atoms. The summed E-state index contributed by atoms with van der Waals surface area (Å²) in [6.45, 7) is 7.32. The Balaban J connectivity index is 1.50. The Kier molecular flexibility index (Phi) is 5.06. The Morgan fingerprint density at radius 1 is 1.29 bits per heavy atom. The van der Waals surface area contributed by atoms with E-state index in [-0.39, 0.29) is 12.0 Å². The van der Waals surface area contributed by atoms with E-state index in [1.807, 2.05) is 56.0 Å². The fourth-order valence-corrected chi connectivity index (χ4v) is 3.73. The van der Waals surface area contributed by atoms with E-state index in [0.29, 0.717) is 31.2 Å². The number of nitrogens with zero attached hydrogens (tertiary/aromatic N) is 3. The maximum Gasteiger partial charge on any atom is 0.257 e. The number of ether oxygens (including phenoxy) is 2. The number of morpholine rings is 1. The van der Waals surface area contributed by atoms with Gasteiger partial charge >= 0.3 is 0 Å². The van der Waals surface area contributed by atoms with Gasteiger partial charge in [0.15, 0.2) is 0 Å². The summed E-state index contributed by atoms with van der Waals surface area (Å²) in [5.41, 5.74) is 1.09. The van der Waals surface area contributed by atoms with Gasteiger partial charge < -0.3 is 14.4 Å². The monoisotopic (exact) mass is 381 g/mol. The van der Waals surface area contributed by atoms with Crippen molar-refractivity contribution < 1.29 is 14.3 Å². The molecule has 1 aromatic carbocycles. The minimum absolute atomic E-state index is 0.0111. The van der Waals surface area contributed by atoms with Crippen molar-refractivity contribution in [2.45, 2.75) is 51.2 Å². The van der Waals surface area contributed by atoms with Crippen molar-refractivity contribution >= 4 is 5.91 Å². The fourth-order valence-electron chi connectivity index (χ4n) is 3.73. The van der Waals surface area contributed by atoms with Gasteiger partial charge in [-0.15, -0.1) is 0 Å². The third kappa shape index (κ3) is 4.33. The molecule has 1 aliphatic carbocycles. The van der Waals surface area contributed by atoms with Crippen molar-refractivity contribution in [2.24, 2.45) is 0 Å². The summed E-state index contributed by atoms with van der Waals surface area (Å²) in [7, 11) is 0. The van der Waals surface area contributed by atoms with E-state index >= 15 is 0 Å². The highest BCUT2D eigenvalue weighted by molar-refractivity contribution is 5.95. The number of benzene rings is 1. The van der Waals surface area contributed by atoms with Gasteiger partial charge in [-0.2, -0.15) is 0 Å². The number of aryl methyl sites for hydroxylation is 1. The number of amides is 1. The molecule has 1 amide bonds. The molecule has 1 aromatic heterocycles. The number of rotatable bonds is 5. The molecule has 0 bridgehead atoms. The molecule has 6 nitrogen and oxygen atoms in total. The van der Waals surface area contributed by atoms with E-state index in [2.05, 4.69) is 9.97 Å². The van der Waals surface area contributed by atoms with Crippen LogP contribution in [-0.2, 0) is 4.74 Å². The van der Waals surface area contributed by atoms with Gasteiger partial charge in [0.1, 0.15) is 24.3 Å². The van der Waals surface area contributed by atoms with Gasteiger partial charge in [0.2, 0.25) is 0 Å². The Labute approximate surface area is 165 Å². The molecule has 148 valence electrons. The Morgan fingerprint density at radius 2 is 2.04 bits per heavy atom. The van der Waals surface area contributed by atoms with Crippen LogP contribution in [0.25, 0.3) is 0 Å². The zero-order valence-electron chi connectivity index (χ0n) is 16.7. The van der Waals surface area contributed by atoms with E-state index < -0.39 is 5.60 Å². The first-order valence-electron chi connectivity index (χ1n) is 9.90. The van der Waals surface area contributed by atoms with Crippen molar-refractivity contribution in [2.75, 3.05) is 19.7 Å². The lowest BCUT2D eigenvalue weighted by Crippen LogP contribution is -2.56. The van der Waals surface area contributed by atoms with E-state index in [0.717, 1.165) is 30.1 Å². The molecule has 1 unspecified atom stereocenters. The minimum atomic E-state index is -0.441. The van der Waals surface area contributed by atoms with Crippen LogP contribution in [-0.4, -0.2) is 52.2 Å². The van der Waals surface area contributed by atoms with Crippen LogP contribution >= 0.6 is 0 Å². The Bertz CT molecular complexity index is 849. The van der Waals surface area contributed by atoms with Gasteiger partial charge in [0.05, 0.1) is 23.4 Å². The molecule has 6 heteroatoms. The van der Waals surface area contributed by atoms with Crippen LogP contribution in [0.2, 0.25) is 0 Å². The second-order valence-electron chi connectivity index (χ2n) is 8.30. The smallest absolute Gasteiger partial charge is 0.257 e. The predicted octanol–water partition coefficient (Wildman–Crippen LogP) is 3.36. The molecule has 0 spiro atoms. The number of carbonyl (C=O) groups excluding carboxylic acids is 1. The molecule has 4 rings (SSSR count). The third-order valence-electron chi connectivity index (χ3n) is 5.08. The SMILES string of the molecule is Cc1ncc(C(=O)N2CC(COc3ccccc3)OC(C)(C)C2)c(C2CC2)n1. The maximum absolute atomic E-state index is 13.3. The summed E-state index contributed by atoms with van der Waals surface area (Å²) < 4.78 is 12.0. The van der Waals surface area contributed by atoms with Crippen molar-refractivity contribution in [3.8, 4) is 5.75 Å². The molecule has 2 heterocycles. The van der Waals surface area contributed by atoms with Gasteiger partial charge in [0.25, 0.3) is 5.91 Å². The van der Waals surface area contributed by atoms with Crippen molar-refractivity contribution in [1.82, 2.24) is 14.9 Å². The number of carbonyl (C=O) groups is 1. The summed E-state index contributed by atoms with van der Waals surface area (Å²) in [6.07, 6.45) is 3.69. The van der Waals surface area contributed by atoms with E-state index in [1.165, 1.54) is 0 Å². The summed E-state index contributed by atoms with van der Waals surface area (Å²) >= 11 is 0. The van der Waals surface area contributed by atoms with Crippen LogP contribution in [0.15, 0.2) is 36.5 Å². The molecule has 1 atom stereocenters. The van der Waals surface area contributed by atoms with E-state index in [1.54, 1.807) is 6.20 Å². The largest absolute Gasteiger partial charge is 0.491 e. The van der Waals surface area contributed by atoms with E-state index in [9.17, 15) is 4.79 Å². The van der Waals surface area contributed by atoms with Gasteiger partial charge in [-0.1, -0.05) is 18.2 Å². The molecular weight excluding hydrogens is 354 g/mol. The molecule has 2 aliphatic rings. The summed E-state index contributed by atoms with van der Waals surface area (Å²) in [5, 5.41) is 0. The number of hydrogen-bond donors (Lipinski definition) is 0. The van der Waals surface area contributed by atoms with Crippen molar-refractivity contribution in [3.05, 3.63) is 53.6 Å². The van der Waals surface area contributed by atoms with Gasteiger partial charge in [-0.05, 0) is 45.7 Å². The Morgan fingerprint density at radius 3 is 2.75 bits per heavy atom. The maximum atomic E-state index is 13.3. The first kappa shape index (κ1) is 18.9. The molecule has 2 fully saturated rings. The number of aromatic nitrogens is 2. The van der Waals surface area contributed by atoms with Crippen molar-refractivity contribution in [3.63, 3.8) is 0 Å². The summed E-state index contributed by atoms with van der Waals surface area (Å²) in [6, 6.07) is 9.67. The van der Waals surface area contributed by atoms with Gasteiger partial charge in [-0.3, -0.25) is 4.79 Å². The van der Waals surface area contributed by atoms with Crippen LogP contribution in [0.1, 0.15) is 54.5 Å². The molecular formula is C22H27N3O3. The highest BCUT2D eigenvalue weighted by Gasteiger charge is 2.38. The molecule has 0 N–H and O–H groups in total. The molecule has 1 saturated heterocycles. The lowest BCUT2D eigenvalue weighted by Gasteiger charge is -2.42. The number of para-hydroxylation sites is 1. The van der Waals surface area contributed by atoms with Crippen LogP contribution in [0.5, 0.6) is 5.75 Å². The van der Waals surface area contributed by atoms with Crippen LogP contribution < -0.4 is 4.74 Å². The Hall–Kier alpha value is -2.47. The summed E-state index contributed by atoms with van der Waals surface area (Å²) in [4.78, 5) is 24.0. The quantitative estimate of drug-likeness (QED) is 0.795. The average molecular weight is 381 g/mol. The molecule has 2 aromatic rings. The molecule has 1 aliphatic heterocycles. The highest BCUT2D eigenvalue weighted by Crippen LogP contribution is 2.41. The summed E-state index contributed by atoms with van der Waals surface area (Å²) in [5.74, 6) is 1.90. The lowest BCUT2D eigenvalue weighted by atomic mass is 10.0. The topological polar surface area (TPSA) is 64.6 Å². The zero-order chi connectivity index (χ0) is 19.7. The third-order valence-corrected chi connectivity index (χ3v) is 5.08. The highest BCUT2D eigenvalue weighted by atomic mass is 16.5. The average Bonchev–Trinajstić information content (AvgIpc) is 3.50. The van der Waals surface area contributed by atoms with Crippen LogP contribution in [0.3, 0.4) is 0 Å². The standard InChI is InChI=1S/C22H27N3O3/c1-15-23-11-19(20(24-15)16-9-10-16)21(26)25-12-18(28-22(2,3)14-25)13-27-17-7-5-4-6-8-17/h4-8,11,16,18H,9-10,12-14H2,1-3H3. The number of hydrogen-bond acceptors (Lipinski definition) is 5. The lowest BCUT2D eigenvalue weighted by molar-refractivity contribution is -0.136. The molecule has 1 saturated carbocycles. The van der Waals surface area contributed by atoms with Gasteiger partial charge in [-0.25, -0.2) is 9.97 Å². The first-order chi connectivity index (χ1) is 13.4. The first-order valence-corrected chi connectivity index (χ1v) is 9.90. The van der Waals surface area contributed by atoms with Crippen LogP contribution in [0, 0.1) is 6.92 Å². The van der Waals surface area contributed by atoms with Gasteiger partial charge in [0, 0.05) is 18.7 Å². The fraction of sp³-hybridized carbons (Fsp3) is 0.500. The minimum Gasteiger partial charge on any atom is -0.491 e.